The van der Waals surface area contributed by atoms with Crippen molar-refractivity contribution >= 4 is 23.3 Å². The van der Waals surface area contributed by atoms with Gasteiger partial charge in [-0.1, -0.05) is 18.2 Å². The first-order chi connectivity index (χ1) is 17.4. The Bertz CT molecular complexity index is 1250. The van der Waals surface area contributed by atoms with Crippen LogP contribution in [0.1, 0.15) is 29.1 Å². The number of aromatic nitrogens is 2. The third kappa shape index (κ3) is 6.19. The van der Waals surface area contributed by atoms with Crippen LogP contribution in [0.3, 0.4) is 0 Å². The first-order valence-corrected chi connectivity index (χ1v) is 11.0. The van der Waals surface area contributed by atoms with Gasteiger partial charge in [-0.25, -0.2) is 9.97 Å². The fourth-order valence-corrected chi connectivity index (χ4v) is 3.73. The Morgan fingerprint density at radius 1 is 0.973 bits per heavy atom. The maximum Gasteiger partial charge on any atom is 0.471 e. The molecule has 0 spiro atoms. The highest BCUT2D eigenvalue weighted by Gasteiger charge is 2.43. The van der Waals surface area contributed by atoms with E-state index in [1.54, 1.807) is 18.2 Å². The highest BCUT2D eigenvalue weighted by Crippen LogP contribution is 2.35. The lowest BCUT2D eigenvalue weighted by molar-refractivity contribution is -0.186. The average Bonchev–Trinajstić information content (AvgIpc) is 3.32. The quantitative estimate of drug-likeness (QED) is 0.455. The Morgan fingerprint density at radius 2 is 1.65 bits per heavy atom. The van der Waals surface area contributed by atoms with Gasteiger partial charge in [0.05, 0.1) is 11.9 Å². The molecule has 37 heavy (non-hydrogen) atoms. The van der Waals surface area contributed by atoms with Crippen molar-refractivity contribution in [2.45, 2.75) is 31.2 Å². The Hall–Kier alpha value is -4.10. The summed E-state index contributed by atoms with van der Waals surface area (Å²) in [6.45, 7) is -0.150. The second kappa shape index (κ2) is 10.1. The molecule has 14 heteroatoms. The van der Waals surface area contributed by atoms with Crippen LogP contribution in [-0.4, -0.2) is 52.0 Å². The molecule has 8 nitrogen and oxygen atoms in total. The molecule has 1 aliphatic rings. The zero-order valence-corrected chi connectivity index (χ0v) is 18.9. The monoisotopic (exact) mass is 527 g/mol. The van der Waals surface area contributed by atoms with E-state index in [0.717, 1.165) is 4.90 Å². The van der Waals surface area contributed by atoms with Crippen molar-refractivity contribution in [2.75, 3.05) is 23.7 Å². The van der Waals surface area contributed by atoms with Crippen LogP contribution in [0.4, 0.5) is 37.8 Å². The highest BCUT2D eigenvalue weighted by molar-refractivity contribution is 6.04. The molecule has 1 fully saturated rings. The van der Waals surface area contributed by atoms with E-state index in [-0.39, 0.29) is 49.1 Å². The number of anilines is 2. The van der Waals surface area contributed by atoms with Crippen LogP contribution >= 0.6 is 0 Å². The number of nitrogens with zero attached hydrogens (tertiary/aromatic N) is 3. The number of nitrogens with one attached hydrogen (secondary N) is 2. The first kappa shape index (κ1) is 26.0. The number of hydrogen-bond acceptors (Lipinski definition) is 6. The van der Waals surface area contributed by atoms with Gasteiger partial charge in [0.15, 0.2) is 5.69 Å². The summed E-state index contributed by atoms with van der Waals surface area (Å²) in [6.07, 6.45) is -8.15. The topological polar surface area (TPSA) is 100 Å². The van der Waals surface area contributed by atoms with Gasteiger partial charge in [0.25, 0.3) is 5.91 Å². The standard InChI is InChI=1S/C23H19F6N5O3/c24-22(25,26)18-17(33-20(37-18)13-4-2-1-3-5-13)19(35)32-15-6-7-16(30-12-15)31-14-8-10-34(11-9-14)21(36)23(27,28)29/h1-7,12,14H,8-11H2,(H,30,31)(H,32,35). The van der Waals surface area contributed by atoms with Gasteiger partial charge in [0.1, 0.15) is 5.82 Å². The van der Waals surface area contributed by atoms with E-state index in [2.05, 4.69) is 20.6 Å². The molecule has 1 saturated heterocycles. The number of hydrogen-bond donors (Lipinski definition) is 2. The maximum atomic E-state index is 13.5. The Kier molecular flexibility index (Phi) is 7.09. The Morgan fingerprint density at radius 3 is 2.22 bits per heavy atom. The van der Waals surface area contributed by atoms with E-state index in [0.29, 0.717) is 5.82 Å². The molecule has 0 bridgehead atoms. The summed E-state index contributed by atoms with van der Waals surface area (Å²) in [5.74, 6) is -4.59. The van der Waals surface area contributed by atoms with E-state index in [4.69, 9.17) is 4.42 Å². The Labute approximate surface area is 205 Å². The molecule has 3 heterocycles. The molecule has 2 aromatic heterocycles. The van der Waals surface area contributed by atoms with Crippen LogP contribution in [0, 0.1) is 0 Å². The van der Waals surface area contributed by atoms with Gasteiger partial charge in [0.2, 0.25) is 11.7 Å². The molecule has 0 aliphatic carbocycles. The molecule has 0 atom stereocenters. The van der Waals surface area contributed by atoms with Crippen LogP contribution in [0.5, 0.6) is 0 Å². The molecule has 2 amide bonds. The van der Waals surface area contributed by atoms with E-state index in [1.165, 1.54) is 30.5 Å². The zero-order valence-electron chi connectivity index (χ0n) is 18.9. The van der Waals surface area contributed by atoms with Gasteiger partial charge in [-0.05, 0) is 37.1 Å². The average molecular weight is 527 g/mol. The highest BCUT2D eigenvalue weighted by atomic mass is 19.4. The van der Waals surface area contributed by atoms with Crippen molar-refractivity contribution < 1.29 is 40.3 Å². The zero-order chi connectivity index (χ0) is 26.8. The van der Waals surface area contributed by atoms with E-state index in [9.17, 15) is 35.9 Å². The number of halogens is 6. The van der Waals surface area contributed by atoms with Gasteiger partial charge >= 0.3 is 18.3 Å². The number of likely N-dealkylation sites (tertiary alicyclic amines) is 1. The normalized spacial score (nSPS) is 14.9. The van der Waals surface area contributed by atoms with Crippen molar-refractivity contribution in [1.29, 1.82) is 0 Å². The molecular weight excluding hydrogens is 508 g/mol. The SMILES string of the molecule is O=C(Nc1ccc(NC2CCN(C(=O)C(F)(F)F)CC2)nc1)c1nc(-c2ccccc2)oc1C(F)(F)F. The lowest BCUT2D eigenvalue weighted by Gasteiger charge is -2.32. The summed E-state index contributed by atoms with van der Waals surface area (Å²) in [5.41, 5.74) is -0.593. The predicted molar refractivity (Wildman–Crippen MR) is 118 cm³/mol. The molecule has 2 N–H and O–H groups in total. The van der Waals surface area contributed by atoms with E-state index in [1.807, 2.05) is 0 Å². The van der Waals surface area contributed by atoms with Crippen LogP contribution in [0.2, 0.25) is 0 Å². The van der Waals surface area contributed by atoms with Gasteiger partial charge in [-0.2, -0.15) is 26.3 Å². The molecule has 1 aliphatic heterocycles. The molecule has 0 unspecified atom stereocenters. The fourth-order valence-electron chi connectivity index (χ4n) is 3.73. The number of carbonyl (C=O) groups is 2. The molecule has 196 valence electrons. The van der Waals surface area contributed by atoms with Crippen molar-refractivity contribution in [3.05, 3.63) is 60.1 Å². The molecule has 4 rings (SSSR count). The molecular formula is C23H19F6N5O3. The molecule has 0 saturated carbocycles. The number of benzene rings is 1. The summed E-state index contributed by atoms with van der Waals surface area (Å²) in [6, 6.07) is 10.4. The largest absolute Gasteiger partial charge is 0.471 e. The van der Waals surface area contributed by atoms with Crippen molar-refractivity contribution in [1.82, 2.24) is 14.9 Å². The van der Waals surface area contributed by atoms with Crippen LogP contribution < -0.4 is 10.6 Å². The minimum Gasteiger partial charge on any atom is -0.431 e. The van der Waals surface area contributed by atoms with Gasteiger partial charge < -0.3 is 20.0 Å². The smallest absolute Gasteiger partial charge is 0.431 e. The second-order valence-electron chi connectivity index (χ2n) is 8.16. The van der Waals surface area contributed by atoms with Crippen molar-refractivity contribution in [3.63, 3.8) is 0 Å². The number of pyridine rings is 1. The van der Waals surface area contributed by atoms with E-state index >= 15 is 0 Å². The van der Waals surface area contributed by atoms with E-state index < -0.39 is 35.6 Å². The third-order valence-electron chi connectivity index (χ3n) is 5.52. The molecule has 1 aromatic carbocycles. The maximum absolute atomic E-state index is 13.5. The minimum absolute atomic E-state index is 0.0750. The van der Waals surface area contributed by atoms with Crippen molar-refractivity contribution in [2.24, 2.45) is 0 Å². The molecule has 0 radical (unpaired) electrons. The number of rotatable bonds is 5. The number of carbonyl (C=O) groups excluding carboxylic acids is 2. The predicted octanol–water partition coefficient (Wildman–Crippen LogP) is 4.97. The lowest BCUT2D eigenvalue weighted by Crippen LogP contribution is -2.47. The van der Waals surface area contributed by atoms with Gasteiger partial charge in [-0.3, -0.25) is 9.59 Å². The van der Waals surface area contributed by atoms with Gasteiger partial charge in [-0.15, -0.1) is 0 Å². The Balaban J connectivity index is 1.39. The lowest BCUT2D eigenvalue weighted by atomic mass is 10.0. The second-order valence-corrected chi connectivity index (χ2v) is 8.16. The molecule has 3 aromatic rings. The number of oxazole rings is 1. The minimum atomic E-state index is -4.96. The summed E-state index contributed by atoms with van der Waals surface area (Å²) in [7, 11) is 0. The number of piperidine rings is 1. The van der Waals surface area contributed by atoms with Crippen molar-refractivity contribution in [3.8, 4) is 11.5 Å². The summed E-state index contributed by atoms with van der Waals surface area (Å²) >= 11 is 0. The third-order valence-corrected chi connectivity index (χ3v) is 5.52. The number of amides is 2. The van der Waals surface area contributed by atoms with Gasteiger partial charge in [0, 0.05) is 24.7 Å². The summed E-state index contributed by atoms with van der Waals surface area (Å²) < 4.78 is 82.9. The van der Waals surface area contributed by atoms with Crippen LogP contribution in [0.15, 0.2) is 53.1 Å². The summed E-state index contributed by atoms with van der Waals surface area (Å²) in [4.78, 5) is 32.5. The van der Waals surface area contributed by atoms with Crippen LogP contribution in [0.25, 0.3) is 11.5 Å². The van der Waals surface area contributed by atoms with Crippen LogP contribution in [-0.2, 0) is 11.0 Å². The number of alkyl halides is 6. The first-order valence-electron chi connectivity index (χ1n) is 11.0. The fraction of sp³-hybridized carbons (Fsp3) is 0.304. The summed E-state index contributed by atoms with van der Waals surface area (Å²) in [5, 5.41) is 5.32.